The van der Waals surface area contributed by atoms with Crippen LogP contribution in [0.5, 0.6) is 0 Å². The van der Waals surface area contributed by atoms with Gasteiger partial charge in [0.15, 0.2) is 0 Å². The lowest BCUT2D eigenvalue weighted by molar-refractivity contribution is 1.02. The van der Waals surface area contributed by atoms with E-state index in [0.29, 0.717) is 0 Å². The molecule has 4 N–H and O–H groups in total. The van der Waals surface area contributed by atoms with E-state index in [0.717, 1.165) is 24.2 Å². The Morgan fingerprint density at radius 1 is 0.600 bits per heavy atom. The van der Waals surface area contributed by atoms with E-state index in [1.165, 1.54) is 16.7 Å². The lowest BCUT2D eigenvalue weighted by Crippen LogP contribution is -1.93. The van der Waals surface area contributed by atoms with Crippen LogP contribution in [-0.4, -0.2) is 0 Å². The molecule has 0 heterocycles. The van der Waals surface area contributed by atoms with Crippen LogP contribution in [-0.2, 0) is 12.8 Å². The van der Waals surface area contributed by atoms with Gasteiger partial charge in [0.2, 0.25) is 0 Å². The topological polar surface area (TPSA) is 52.0 Å². The second-order valence-corrected chi connectivity index (χ2v) is 5.74. The summed E-state index contributed by atoms with van der Waals surface area (Å²) in [5, 5.41) is 0. The summed E-state index contributed by atoms with van der Waals surface area (Å²) in [5.74, 6) is 0. The van der Waals surface area contributed by atoms with Gasteiger partial charge in [0, 0.05) is 11.4 Å². The molecule has 0 aliphatic rings. The van der Waals surface area contributed by atoms with E-state index in [2.05, 4.69) is 39.0 Å². The van der Waals surface area contributed by atoms with Crippen molar-refractivity contribution in [1.29, 1.82) is 0 Å². The van der Waals surface area contributed by atoms with Gasteiger partial charge in [-0.3, -0.25) is 0 Å². The van der Waals surface area contributed by atoms with E-state index in [-0.39, 0.29) is 0 Å². The fraction of sp³-hybridized carbons (Fsp3) is 0.217. The second kappa shape index (κ2) is 11.7. The second-order valence-electron chi connectivity index (χ2n) is 5.74. The van der Waals surface area contributed by atoms with E-state index in [4.69, 9.17) is 11.5 Å². The smallest absolute Gasteiger partial charge is 0.0313 e. The third kappa shape index (κ3) is 8.07. The highest BCUT2D eigenvalue weighted by atomic mass is 14.5. The number of nitrogen functional groups attached to an aromatic ring is 2. The predicted molar refractivity (Wildman–Crippen MR) is 112 cm³/mol. The van der Waals surface area contributed by atoms with Crippen molar-refractivity contribution in [2.45, 2.75) is 33.6 Å². The van der Waals surface area contributed by atoms with Crippen LogP contribution in [0.4, 0.5) is 11.4 Å². The number of benzene rings is 3. The molecule has 0 saturated heterocycles. The number of anilines is 2. The highest BCUT2D eigenvalue weighted by Gasteiger charge is 1.99. The molecule has 0 aliphatic heterocycles. The van der Waals surface area contributed by atoms with Crippen molar-refractivity contribution in [3.63, 3.8) is 0 Å². The fourth-order valence-electron chi connectivity index (χ4n) is 2.51. The number of nitrogens with two attached hydrogens (primary N) is 2. The van der Waals surface area contributed by atoms with E-state index in [1.807, 2.05) is 60.7 Å². The minimum atomic E-state index is 0.822. The van der Waals surface area contributed by atoms with Gasteiger partial charge in [0.25, 0.3) is 0 Å². The molecule has 0 atom stereocenters. The fourth-order valence-corrected chi connectivity index (χ4v) is 2.51. The maximum absolute atomic E-state index is 5.36. The van der Waals surface area contributed by atoms with Crippen molar-refractivity contribution >= 4 is 11.4 Å². The van der Waals surface area contributed by atoms with E-state index < -0.39 is 0 Å². The maximum Gasteiger partial charge on any atom is 0.0313 e. The summed E-state index contributed by atoms with van der Waals surface area (Å²) in [7, 11) is 0. The zero-order valence-corrected chi connectivity index (χ0v) is 15.6. The van der Waals surface area contributed by atoms with Crippen LogP contribution in [0.3, 0.4) is 0 Å². The van der Waals surface area contributed by atoms with Crippen LogP contribution in [0.2, 0.25) is 0 Å². The lowest BCUT2D eigenvalue weighted by atomic mass is 9.98. The van der Waals surface area contributed by atoms with Gasteiger partial charge in [-0.2, -0.15) is 0 Å². The van der Waals surface area contributed by atoms with Gasteiger partial charge in [-0.15, -0.1) is 0 Å². The largest absolute Gasteiger partial charge is 0.399 e. The number of rotatable bonds is 2. The monoisotopic (exact) mass is 334 g/mol. The lowest BCUT2D eigenvalue weighted by Gasteiger charge is -2.07. The zero-order valence-electron chi connectivity index (χ0n) is 15.6. The number of aryl methyl sites for hydroxylation is 2. The normalized spacial score (nSPS) is 9.24. The third-order valence-electron chi connectivity index (χ3n) is 3.84. The molecule has 0 fully saturated rings. The summed E-state index contributed by atoms with van der Waals surface area (Å²) >= 11 is 0. The number of hydrogen-bond donors (Lipinski definition) is 2. The first-order chi connectivity index (χ1) is 12.1. The van der Waals surface area contributed by atoms with Crippen LogP contribution < -0.4 is 11.5 Å². The third-order valence-corrected chi connectivity index (χ3v) is 3.84. The Balaban J connectivity index is 0.000000195. The van der Waals surface area contributed by atoms with E-state index >= 15 is 0 Å². The van der Waals surface area contributed by atoms with Crippen LogP contribution in [0.1, 0.15) is 30.5 Å². The van der Waals surface area contributed by atoms with Gasteiger partial charge in [0.1, 0.15) is 0 Å². The van der Waals surface area contributed by atoms with Crippen molar-refractivity contribution in [2.24, 2.45) is 0 Å². The van der Waals surface area contributed by atoms with Crippen molar-refractivity contribution < 1.29 is 0 Å². The predicted octanol–water partition coefficient (Wildman–Crippen LogP) is 5.66. The molecule has 3 rings (SSSR count). The van der Waals surface area contributed by atoms with Crippen molar-refractivity contribution in [3.05, 3.63) is 95.6 Å². The molecule has 3 aromatic rings. The summed E-state index contributed by atoms with van der Waals surface area (Å²) in [6.07, 6.45) is 2.32. The molecule has 3 aromatic carbocycles. The molecule has 25 heavy (non-hydrogen) atoms. The Labute approximate surface area is 152 Å². The number of para-hydroxylation sites is 2. The molecule has 132 valence electrons. The van der Waals surface area contributed by atoms with Gasteiger partial charge in [-0.05, 0) is 60.7 Å². The molecular formula is C23H30N2. The Morgan fingerprint density at radius 3 is 1.36 bits per heavy atom. The van der Waals surface area contributed by atoms with Crippen LogP contribution in [0.15, 0.2) is 78.9 Å². The molecule has 0 spiro atoms. The van der Waals surface area contributed by atoms with Crippen LogP contribution >= 0.6 is 0 Å². The first-order valence-electron chi connectivity index (χ1n) is 8.76. The standard InChI is InChI=1S/C11H16.2C6H7N/c1-4-10-8-6-7-9(3)11(10)5-2;2*7-6-4-2-1-3-5-6/h6-8H,4-5H2,1-3H3;2*1-5H,7H2. The molecule has 0 bridgehead atoms. The first kappa shape index (κ1) is 20.3. The SMILES string of the molecule is CCc1cccc(C)c1CC.Nc1ccccc1.Nc1ccccc1. The minimum Gasteiger partial charge on any atom is -0.399 e. The molecule has 0 amide bonds. The summed E-state index contributed by atoms with van der Waals surface area (Å²) in [6.45, 7) is 6.63. The summed E-state index contributed by atoms with van der Waals surface area (Å²) in [6, 6.07) is 25.5. The highest BCUT2D eigenvalue weighted by molar-refractivity contribution is 5.36. The molecule has 2 heteroatoms. The zero-order chi connectivity index (χ0) is 18.5. The highest BCUT2D eigenvalue weighted by Crippen LogP contribution is 2.14. The van der Waals surface area contributed by atoms with Gasteiger partial charge in [0.05, 0.1) is 0 Å². The number of hydrogen-bond acceptors (Lipinski definition) is 2. The molecular weight excluding hydrogens is 304 g/mol. The van der Waals surface area contributed by atoms with Gasteiger partial charge >= 0.3 is 0 Å². The molecule has 0 saturated carbocycles. The average molecular weight is 335 g/mol. The quantitative estimate of drug-likeness (QED) is 0.594. The van der Waals surface area contributed by atoms with Gasteiger partial charge in [-0.25, -0.2) is 0 Å². The molecule has 0 unspecified atom stereocenters. The Bertz CT molecular complexity index is 669. The average Bonchev–Trinajstić information content (AvgIpc) is 2.64. The Hall–Kier alpha value is -2.74. The van der Waals surface area contributed by atoms with E-state index in [1.54, 1.807) is 0 Å². The van der Waals surface area contributed by atoms with Crippen molar-refractivity contribution in [3.8, 4) is 0 Å². The summed E-state index contributed by atoms with van der Waals surface area (Å²) in [5.41, 5.74) is 16.8. The van der Waals surface area contributed by atoms with Crippen molar-refractivity contribution in [2.75, 3.05) is 11.5 Å². The molecule has 0 aromatic heterocycles. The molecule has 2 nitrogen and oxygen atoms in total. The first-order valence-corrected chi connectivity index (χ1v) is 8.76. The van der Waals surface area contributed by atoms with Crippen molar-refractivity contribution in [1.82, 2.24) is 0 Å². The van der Waals surface area contributed by atoms with Gasteiger partial charge in [-0.1, -0.05) is 68.4 Å². The summed E-state index contributed by atoms with van der Waals surface area (Å²) < 4.78 is 0. The molecule has 0 aliphatic carbocycles. The molecule has 0 radical (unpaired) electrons. The van der Waals surface area contributed by atoms with Gasteiger partial charge < -0.3 is 11.5 Å². The van der Waals surface area contributed by atoms with E-state index in [9.17, 15) is 0 Å². The summed E-state index contributed by atoms with van der Waals surface area (Å²) in [4.78, 5) is 0. The maximum atomic E-state index is 5.36. The van der Waals surface area contributed by atoms with Crippen LogP contribution in [0.25, 0.3) is 0 Å². The van der Waals surface area contributed by atoms with Crippen LogP contribution in [0, 0.1) is 6.92 Å². The Kier molecular flexibility index (Phi) is 9.54. The Morgan fingerprint density at radius 2 is 1.08 bits per heavy atom. The minimum absolute atomic E-state index is 0.822.